The predicted octanol–water partition coefficient (Wildman–Crippen LogP) is 4.62. The van der Waals surface area contributed by atoms with Gasteiger partial charge in [-0.1, -0.05) is 38.1 Å². The van der Waals surface area contributed by atoms with Crippen LogP contribution in [0.2, 0.25) is 0 Å². The molecule has 0 bridgehead atoms. The van der Waals surface area contributed by atoms with E-state index in [0.29, 0.717) is 5.92 Å². The summed E-state index contributed by atoms with van der Waals surface area (Å²) in [6.07, 6.45) is 6.97. The van der Waals surface area contributed by atoms with Gasteiger partial charge < -0.3 is 4.90 Å². The first-order valence-electron chi connectivity index (χ1n) is 7.04. The molecule has 0 aliphatic heterocycles. The van der Waals surface area contributed by atoms with E-state index < -0.39 is 0 Å². The highest BCUT2D eigenvalue weighted by Crippen LogP contribution is 2.35. The zero-order chi connectivity index (χ0) is 13.8. The molecule has 0 heterocycles. The van der Waals surface area contributed by atoms with Crippen molar-refractivity contribution in [2.24, 2.45) is 5.92 Å². The highest BCUT2D eigenvalue weighted by atomic mass is 32.1. The standard InChI is InChI=1S/C17H23NS/c1-4-11-18(3)14-10-9-13(2)16(12-14)15-7-5-6-8-17(15)19/h5-8,10,12-13,19H,4,9,11H2,1-3H3. The van der Waals surface area contributed by atoms with Crippen molar-refractivity contribution in [3.05, 3.63) is 47.7 Å². The first-order valence-corrected chi connectivity index (χ1v) is 7.49. The quantitative estimate of drug-likeness (QED) is 0.783. The number of hydrogen-bond acceptors (Lipinski definition) is 2. The van der Waals surface area contributed by atoms with Gasteiger partial charge in [-0.25, -0.2) is 0 Å². The molecule has 0 aromatic heterocycles. The van der Waals surface area contributed by atoms with Gasteiger partial charge in [0.2, 0.25) is 0 Å². The van der Waals surface area contributed by atoms with Crippen LogP contribution in [0.1, 0.15) is 32.3 Å². The van der Waals surface area contributed by atoms with Crippen LogP contribution >= 0.6 is 12.6 Å². The average molecular weight is 273 g/mol. The Morgan fingerprint density at radius 2 is 2.05 bits per heavy atom. The maximum Gasteiger partial charge on any atom is 0.0326 e. The van der Waals surface area contributed by atoms with Crippen LogP contribution in [0.3, 0.4) is 0 Å². The van der Waals surface area contributed by atoms with Crippen LogP contribution in [0.4, 0.5) is 0 Å². The van der Waals surface area contributed by atoms with E-state index in [9.17, 15) is 0 Å². The van der Waals surface area contributed by atoms with E-state index in [2.05, 4.69) is 68.8 Å². The molecule has 0 N–H and O–H groups in total. The van der Waals surface area contributed by atoms with Crippen molar-refractivity contribution < 1.29 is 0 Å². The minimum atomic E-state index is 0.562. The van der Waals surface area contributed by atoms with Crippen molar-refractivity contribution in [1.82, 2.24) is 4.90 Å². The monoisotopic (exact) mass is 273 g/mol. The Hall–Kier alpha value is -1.15. The van der Waals surface area contributed by atoms with Gasteiger partial charge in [0.25, 0.3) is 0 Å². The van der Waals surface area contributed by atoms with Crippen LogP contribution in [0.5, 0.6) is 0 Å². The number of likely N-dealkylation sites (N-methyl/N-ethyl adjacent to an activating group) is 1. The smallest absolute Gasteiger partial charge is 0.0326 e. The maximum atomic E-state index is 4.60. The average Bonchev–Trinajstić information content (AvgIpc) is 2.40. The molecule has 1 nitrogen and oxygen atoms in total. The minimum Gasteiger partial charge on any atom is -0.375 e. The topological polar surface area (TPSA) is 3.24 Å². The highest BCUT2D eigenvalue weighted by Gasteiger charge is 2.18. The van der Waals surface area contributed by atoms with Crippen molar-refractivity contribution in [3.8, 4) is 0 Å². The first kappa shape index (κ1) is 14.3. The Bertz CT molecular complexity index is 502. The number of hydrogen-bond donors (Lipinski definition) is 1. The molecule has 1 aromatic carbocycles. The number of rotatable bonds is 4. The van der Waals surface area contributed by atoms with Crippen LogP contribution in [0.25, 0.3) is 5.57 Å². The van der Waals surface area contributed by atoms with Gasteiger partial charge >= 0.3 is 0 Å². The molecule has 1 unspecified atom stereocenters. The molecule has 0 spiro atoms. The van der Waals surface area contributed by atoms with E-state index in [4.69, 9.17) is 0 Å². The number of benzene rings is 1. The molecular weight excluding hydrogens is 250 g/mol. The molecule has 2 heteroatoms. The zero-order valence-corrected chi connectivity index (χ0v) is 13.0. The third-order valence-electron chi connectivity index (χ3n) is 3.73. The van der Waals surface area contributed by atoms with Crippen LogP contribution in [-0.2, 0) is 0 Å². The SMILES string of the molecule is CCCN(C)C1=CCC(C)C(c2ccccc2S)=C1. The summed E-state index contributed by atoms with van der Waals surface area (Å²) in [4.78, 5) is 3.41. The Morgan fingerprint density at radius 1 is 1.32 bits per heavy atom. The van der Waals surface area contributed by atoms with Gasteiger partial charge in [0.1, 0.15) is 0 Å². The summed E-state index contributed by atoms with van der Waals surface area (Å²) in [6.45, 7) is 5.61. The fourth-order valence-corrected chi connectivity index (χ4v) is 2.87. The second-order valence-electron chi connectivity index (χ2n) is 5.30. The van der Waals surface area contributed by atoms with E-state index in [-0.39, 0.29) is 0 Å². The van der Waals surface area contributed by atoms with Gasteiger partial charge in [0, 0.05) is 24.2 Å². The van der Waals surface area contributed by atoms with Gasteiger partial charge in [-0.05, 0) is 42.0 Å². The summed E-state index contributed by atoms with van der Waals surface area (Å²) in [6, 6.07) is 8.38. The van der Waals surface area contributed by atoms with Crippen molar-refractivity contribution in [1.29, 1.82) is 0 Å². The molecule has 19 heavy (non-hydrogen) atoms. The highest BCUT2D eigenvalue weighted by molar-refractivity contribution is 7.80. The van der Waals surface area contributed by atoms with Gasteiger partial charge in [-0.15, -0.1) is 12.6 Å². The normalized spacial score (nSPS) is 18.8. The maximum absolute atomic E-state index is 4.60. The number of nitrogens with zero attached hydrogens (tertiary/aromatic N) is 1. The Kier molecular flexibility index (Phi) is 4.76. The second-order valence-corrected chi connectivity index (χ2v) is 5.79. The van der Waals surface area contributed by atoms with Crippen LogP contribution in [0, 0.1) is 5.92 Å². The third-order valence-corrected chi connectivity index (χ3v) is 4.12. The molecule has 1 aliphatic carbocycles. The van der Waals surface area contributed by atoms with Crippen molar-refractivity contribution >= 4 is 18.2 Å². The summed E-state index contributed by atoms with van der Waals surface area (Å²) in [7, 11) is 2.17. The van der Waals surface area contributed by atoms with E-state index >= 15 is 0 Å². The molecule has 1 aliphatic rings. The molecule has 1 aromatic rings. The van der Waals surface area contributed by atoms with Crippen LogP contribution in [0.15, 0.2) is 47.0 Å². The first-order chi connectivity index (χ1) is 9.13. The van der Waals surface area contributed by atoms with E-state index in [1.54, 1.807) is 0 Å². The lowest BCUT2D eigenvalue weighted by Crippen LogP contribution is -2.20. The van der Waals surface area contributed by atoms with Crippen LogP contribution < -0.4 is 0 Å². The fraction of sp³-hybridized carbons (Fsp3) is 0.412. The lowest BCUT2D eigenvalue weighted by molar-refractivity contribution is 0.424. The Morgan fingerprint density at radius 3 is 2.74 bits per heavy atom. The molecule has 0 saturated heterocycles. The van der Waals surface area contributed by atoms with Crippen molar-refractivity contribution in [2.45, 2.75) is 31.6 Å². The predicted molar refractivity (Wildman–Crippen MR) is 86.5 cm³/mol. The van der Waals surface area contributed by atoms with Gasteiger partial charge in [0.15, 0.2) is 0 Å². The minimum absolute atomic E-state index is 0.562. The Balaban J connectivity index is 2.33. The Labute approximate surface area is 122 Å². The van der Waals surface area contributed by atoms with Crippen LogP contribution in [-0.4, -0.2) is 18.5 Å². The lowest BCUT2D eigenvalue weighted by Gasteiger charge is -2.27. The van der Waals surface area contributed by atoms with E-state index in [1.165, 1.54) is 23.3 Å². The van der Waals surface area contributed by atoms with E-state index in [0.717, 1.165) is 17.9 Å². The summed E-state index contributed by atoms with van der Waals surface area (Å²) in [5.41, 5.74) is 4.02. The zero-order valence-electron chi connectivity index (χ0n) is 12.1. The van der Waals surface area contributed by atoms with Gasteiger partial charge in [-0.3, -0.25) is 0 Å². The second kappa shape index (κ2) is 6.33. The molecule has 1 atom stereocenters. The van der Waals surface area contributed by atoms with Gasteiger partial charge in [0.05, 0.1) is 0 Å². The third kappa shape index (κ3) is 3.24. The lowest BCUT2D eigenvalue weighted by atomic mass is 9.87. The van der Waals surface area contributed by atoms with Gasteiger partial charge in [-0.2, -0.15) is 0 Å². The van der Waals surface area contributed by atoms with Crippen molar-refractivity contribution in [3.63, 3.8) is 0 Å². The molecule has 0 fully saturated rings. The number of allylic oxidation sites excluding steroid dienone is 3. The fourth-order valence-electron chi connectivity index (χ4n) is 2.58. The molecule has 0 amide bonds. The molecule has 0 saturated carbocycles. The summed E-state index contributed by atoms with van der Waals surface area (Å²) >= 11 is 4.60. The number of thiol groups is 1. The largest absolute Gasteiger partial charge is 0.375 e. The molecular formula is C17H23NS. The summed E-state index contributed by atoms with van der Waals surface area (Å²) in [5.74, 6) is 0.562. The summed E-state index contributed by atoms with van der Waals surface area (Å²) < 4.78 is 0. The molecule has 2 rings (SSSR count). The molecule has 0 radical (unpaired) electrons. The summed E-state index contributed by atoms with van der Waals surface area (Å²) in [5, 5.41) is 0. The van der Waals surface area contributed by atoms with E-state index in [1.807, 2.05) is 6.07 Å². The molecule has 102 valence electrons. The van der Waals surface area contributed by atoms with Crippen molar-refractivity contribution in [2.75, 3.05) is 13.6 Å².